The maximum atomic E-state index is 11.0. The first-order chi connectivity index (χ1) is 13.8. The van der Waals surface area contributed by atoms with Gasteiger partial charge in [0.1, 0.15) is 0 Å². The van der Waals surface area contributed by atoms with Gasteiger partial charge in [0, 0.05) is 6.42 Å². The molecule has 0 atom stereocenters. The van der Waals surface area contributed by atoms with Crippen LogP contribution in [0.1, 0.15) is 142 Å². The molecule has 0 N–H and O–H groups in total. The predicted molar refractivity (Wildman–Crippen MR) is 124 cm³/mol. The molecule has 28 heavy (non-hydrogen) atoms. The SMILES string of the molecule is CCCCCC=CCCCCCCCCCCCCCCCCCC(=O)OC. The molecule has 0 spiro atoms. The summed E-state index contributed by atoms with van der Waals surface area (Å²) in [6, 6.07) is 0. The van der Waals surface area contributed by atoms with Gasteiger partial charge in [-0.2, -0.15) is 0 Å². The van der Waals surface area contributed by atoms with Crippen molar-refractivity contribution in [2.75, 3.05) is 7.11 Å². The Labute approximate surface area is 176 Å². The van der Waals surface area contributed by atoms with E-state index in [1.165, 1.54) is 129 Å². The minimum absolute atomic E-state index is 0.0645. The molecule has 0 saturated heterocycles. The second kappa shape index (κ2) is 24.2. The van der Waals surface area contributed by atoms with Gasteiger partial charge in [-0.1, -0.05) is 115 Å². The zero-order valence-corrected chi connectivity index (χ0v) is 19.3. The molecule has 0 rings (SSSR count). The van der Waals surface area contributed by atoms with Gasteiger partial charge >= 0.3 is 5.97 Å². The summed E-state index contributed by atoms with van der Waals surface area (Å²) in [5.74, 6) is -0.0645. The minimum atomic E-state index is -0.0645. The van der Waals surface area contributed by atoms with E-state index in [0.717, 1.165) is 6.42 Å². The highest BCUT2D eigenvalue weighted by Gasteiger charge is 1.99. The lowest BCUT2D eigenvalue weighted by atomic mass is 10.0. The van der Waals surface area contributed by atoms with Gasteiger partial charge in [0.2, 0.25) is 0 Å². The Morgan fingerprint density at radius 1 is 0.571 bits per heavy atom. The van der Waals surface area contributed by atoms with Crippen LogP contribution in [0, 0.1) is 0 Å². The van der Waals surface area contributed by atoms with Gasteiger partial charge in [0.15, 0.2) is 0 Å². The maximum Gasteiger partial charge on any atom is 0.305 e. The van der Waals surface area contributed by atoms with Crippen molar-refractivity contribution in [3.05, 3.63) is 12.2 Å². The topological polar surface area (TPSA) is 26.3 Å². The third-order valence-electron chi connectivity index (χ3n) is 5.62. The monoisotopic (exact) mass is 394 g/mol. The van der Waals surface area contributed by atoms with Crippen LogP contribution in [0.2, 0.25) is 0 Å². The van der Waals surface area contributed by atoms with Crippen molar-refractivity contribution < 1.29 is 9.53 Å². The molecule has 0 aliphatic heterocycles. The highest BCUT2D eigenvalue weighted by atomic mass is 16.5. The summed E-state index contributed by atoms with van der Waals surface area (Å²) in [5.41, 5.74) is 0. The second-order valence-electron chi connectivity index (χ2n) is 8.39. The molecule has 0 radical (unpaired) electrons. The first-order valence-corrected chi connectivity index (χ1v) is 12.5. The summed E-state index contributed by atoms with van der Waals surface area (Å²) in [6.45, 7) is 2.27. The van der Waals surface area contributed by atoms with Gasteiger partial charge in [-0.05, 0) is 32.1 Å². The Morgan fingerprint density at radius 2 is 0.929 bits per heavy atom. The van der Waals surface area contributed by atoms with Crippen molar-refractivity contribution in [1.29, 1.82) is 0 Å². The zero-order valence-electron chi connectivity index (χ0n) is 19.3. The third kappa shape index (κ3) is 23.2. The Kier molecular flexibility index (Phi) is 23.6. The van der Waals surface area contributed by atoms with Crippen LogP contribution in [0.15, 0.2) is 12.2 Å². The largest absolute Gasteiger partial charge is 0.469 e. The Balaban J connectivity index is 3.06. The van der Waals surface area contributed by atoms with Crippen LogP contribution in [0.3, 0.4) is 0 Å². The van der Waals surface area contributed by atoms with Crippen molar-refractivity contribution in [3.8, 4) is 0 Å². The number of esters is 1. The molecule has 0 bridgehead atoms. The van der Waals surface area contributed by atoms with Gasteiger partial charge in [0.25, 0.3) is 0 Å². The molecule has 2 heteroatoms. The van der Waals surface area contributed by atoms with E-state index in [-0.39, 0.29) is 5.97 Å². The van der Waals surface area contributed by atoms with E-state index >= 15 is 0 Å². The molecule has 0 aliphatic carbocycles. The van der Waals surface area contributed by atoms with Crippen LogP contribution < -0.4 is 0 Å². The molecule has 0 aromatic carbocycles. The first-order valence-electron chi connectivity index (χ1n) is 12.5. The summed E-state index contributed by atoms with van der Waals surface area (Å²) in [5, 5.41) is 0. The van der Waals surface area contributed by atoms with E-state index in [0.29, 0.717) is 6.42 Å². The lowest BCUT2D eigenvalue weighted by Crippen LogP contribution is -1.99. The van der Waals surface area contributed by atoms with Crippen molar-refractivity contribution in [1.82, 2.24) is 0 Å². The van der Waals surface area contributed by atoms with Gasteiger partial charge in [0.05, 0.1) is 7.11 Å². The van der Waals surface area contributed by atoms with Gasteiger partial charge in [-0.15, -0.1) is 0 Å². The van der Waals surface area contributed by atoms with E-state index in [9.17, 15) is 4.79 Å². The number of unbranched alkanes of at least 4 members (excludes halogenated alkanes) is 18. The number of allylic oxidation sites excluding steroid dienone is 2. The summed E-state index contributed by atoms with van der Waals surface area (Å²) in [4.78, 5) is 11.0. The van der Waals surface area contributed by atoms with Gasteiger partial charge < -0.3 is 4.74 Å². The Bertz CT molecular complexity index is 335. The number of rotatable bonds is 22. The molecule has 166 valence electrons. The van der Waals surface area contributed by atoms with Crippen LogP contribution in [-0.2, 0) is 9.53 Å². The molecule has 0 amide bonds. The average Bonchev–Trinajstić information content (AvgIpc) is 2.71. The first kappa shape index (κ1) is 27.2. The van der Waals surface area contributed by atoms with Crippen molar-refractivity contribution in [3.63, 3.8) is 0 Å². The van der Waals surface area contributed by atoms with E-state index in [4.69, 9.17) is 0 Å². The van der Waals surface area contributed by atoms with Crippen LogP contribution >= 0.6 is 0 Å². The zero-order chi connectivity index (χ0) is 20.5. The third-order valence-corrected chi connectivity index (χ3v) is 5.62. The minimum Gasteiger partial charge on any atom is -0.469 e. The molecule has 0 fully saturated rings. The summed E-state index contributed by atoms with van der Waals surface area (Å²) in [6.07, 6.45) is 32.3. The Morgan fingerprint density at radius 3 is 1.32 bits per heavy atom. The summed E-state index contributed by atoms with van der Waals surface area (Å²) in [7, 11) is 1.47. The quantitative estimate of drug-likeness (QED) is 0.104. The molecule has 0 unspecified atom stereocenters. The maximum absolute atomic E-state index is 11.0. The van der Waals surface area contributed by atoms with Crippen molar-refractivity contribution >= 4 is 5.97 Å². The standard InChI is InChI=1S/C26H50O2/c1-3-4-5-6-7-8-9-10-11-12-13-14-15-16-17-18-19-20-21-22-23-24-25-26(27)28-2/h7-8H,3-6,9-25H2,1-2H3. The molecule has 2 nitrogen and oxygen atoms in total. The lowest BCUT2D eigenvalue weighted by molar-refractivity contribution is -0.140. The van der Waals surface area contributed by atoms with Crippen molar-refractivity contribution in [2.45, 2.75) is 142 Å². The highest BCUT2D eigenvalue weighted by Crippen LogP contribution is 2.14. The number of hydrogen-bond donors (Lipinski definition) is 0. The molecule has 0 aromatic heterocycles. The van der Waals surface area contributed by atoms with E-state index in [2.05, 4.69) is 23.8 Å². The molecule has 0 saturated carbocycles. The second-order valence-corrected chi connectivity index (χ2v) is 8.39. The van der Waals surface area contributed by atoms with E-state index in [1.807, 2.05) is 0 Å². The fraction of sp³-hybridized carbons (Fsp3) is 0.885. The number of ether oxygens (including phenoxy) is 1. The fourth-order valence-corrected chi connectivity index (χ4v) is 3.68. The molecule has 0 heterocycles. The molecule has 0 aromatic rings. The van der Waals surface area contributed by atoms with Crippen LogP contribution in [0.25, 0.3) is 0 Å². The van der Waals surface area contributed by atoms with E-state index in [1.54, 1.807) is 0 Å². The smallest absolute Gasteiger partial charge is 0.305 e. The van der Waals surface area contributed by atoms with E-state index < -0.39 is 0 Å². The molecular formula is C26H50O2. The Hall–Kier alpha value is -0.790. The summed E-state index contributed by atoms with van der Waals surface area (Å²) >= 11 is 0. The van der Waals surface area contributed by atoms with Crippen molar-refractivity contribution in [2.24, 2.45) is 0 Å². The lowest BCUT2D eigenvalue weighted by Gasteiger charge is -2.03. The van der Waals surface area contributed by atoms with Crippen LogP contribution in [0.4, 0.5) is 0 Å². The molecular weight excluding hydrogens is 344 g/mol. The number of methoxy groups -OCH3 is 1. The number of hydrogen-bond acceptors (Lipinski definition) is 2. The van der Waals surface area contributed by atoms with Crippen LogP contribution in [-0.4, -0.2) is 13.1 Å². The van der Waals surface area contributed by atoms with Gasteiger partial charge in [-0.25, -0.2) is 0 Å². The molecule has 0 aliphatic rings. The predicted octanol–water partition coefficient (Wildman–Crippen LogP) is 8.93. The van der Waals surface area contributed by atoms with Crippen LogP contribution in [0.5, 0.6) is 0 Å². The highest BCUT2D eigenvalue weighted by molar-refractivity contribution is 5.68. The fourth-order valence-electron chi connectivity index (χ4n) is 3.68. The number of carbonyl (C=O) groups is 1. The van der Waals surface area contributed by atoms with Gasteiger partial charge in [-0.3, -0.25) is 4.79 Å². The summed E-state index contributed by atoms with van der Waals surface area (Å²) < 4.78 is 4.66. The average molecular weight is 395 g/mol. The normalized spacial score (nSPS) is 11.4. The number of carbonyl (C=O) groups excluding carboxylic acids is 1.